The molecule has 0 fully saturated rings. The molecule has 1 atom stereocenters. The number of hydrogen-bond acceptors (Lipinski definition) is 3. The molecule has 3 aromatic rings. The number of carbonyl (C=O) groups is 1. The van der Waals surface area contributed by atoms with Gasteiger partial charge in [-0.05, 0) is 42.0 Å². The van der Waals surface area contributed by atoms with Gasteiger partial charge in [-0.2, -0.15) is 26.3 Å². The van der Waals surface area contributed by atoms with Crippen molar-refractivity contribution in [1.82, 2.24) is 4.98 Å². The first-order valence-corrected chi connectivity index (χ1v) is 11.3. The molecule has 0 saturated heterocycles. The average molecular weight is 586 g/mol. The van der Waals surface area contributed by atoms with Crippen molar-refractivity contribution < 1.29 is 35.5 Å². The molecule has 1 heterocycles. The number of aromatic nitrogens is 1. The van der Waals surface area contributed by atoms with Crippen LogP contribution in [-0.2, 0) is 6.18 Å². The van der Waals surface area contributed by atoms with E-state index in [2.05, 4.69) is 10.3 Å². The largest absolute Gasteiger partial charge is 0.417 e. The maximum atomic E-state index is 14.9. The number of halogens is 10. The molecule has 0 aliphatic rings. The Kier molecular flexibility index (Phi) is 8.77. The van der Waals surface area contributed by atoms with Crippen molar-refractivity contribution in [2.45, 2.75) is 18.3 Å². The quantitative estimate of drug-likeness (QED) is 0.171. The lowest BCUT2D eigenvalue weighted by molar-refractivity contribution is -0.140. The molecule has 0 aliphatic carbocycles. The van der Waals surface area contributed by atoms with Crippen LogP contribution in [0.5, 0.6) is 0 Å². The fourth-order valence-corrected chi connectivity index (χ4v) is 3.89. The molecule has 3 nitrogen and oxygen atoms in total. The van der Waals surface area contributed by atoms with Crippen LogP contribution in [-0.4, -0.2) is 23.5 Å². The fraction of sp³-hybridized carbons (Fsp3) is 0.167. The molecule has 0 aliphatic heterocycles. The zero-order chi connectivity index (χ0) is 27.5. The minimum absolute atomic E-state index is 0.0928. The second kappa shape index (κ2) is 11.3. The van der Waals surface area contributed by atoms with E-state index >= 15 is 0 Å². The van der Waals surface area contributed by atoms with Crippen LogP contribution in [0.4, 0.5) is 36.6 Å². The van der Waals surface area contributed by atoms with Gasteiger partial charge in [0.1, 0.15) is 17.6 Å². The van der Waals surface area contributed by atoms with E-state index in [1.165, 1.54) is 12.3 Å². The van der Waals surface area contributed by atoms with Gasteiger partial charge in [-0.25, -0.2) is 9.37 Å². The summed E-state index contributed by atoms with van der Waals surface area (Å²) in [4.78, 5) is 16.4. The molecule has 1 aromatic heterocycles. The summed E-state index contributed by atoms with van der Waals surface area (Å²) in [6.45, 7) is -0.563. The van der Waals surface area contributed by atoms with Gasteiger partial charge in [0.2, 0.25) is 0 Å². The normalized spacial score (nSPS) is 13.4. The smallest absolute Gasteiger partial charge is 0.363 e. The van der Waals surface area contributed by atoms with Crippen molar-refractivity contribution in [3.63, 3.8) is 0 Å². The number of carbonyl (C=O) groups excluding carboxylic acids is 1. The number of hydrogen-bond donors (Lipinski definition) is 1. The number of Topliss-reactive ketones (excluding diaryl/α,β-unsaturated/α-hetero) is 1. The van der Waals surface area contributed by atoms with Crippen molar-refractivity contribution in [1.29, 1.82) is 0 Å². The van der Waals surface area contributed by atoms with Crippen LogP contribution < -0.4 is 5.32 Å². The average Bonchev–Trinajstić information content (AvgIpc) is 2.83. The highest BCUT2D eigenvalue weighted by Crippen LogP contribution is 2.42. The minimum atomic E-state index is -5.10. The molecule has 0 spiro atoms. The lowest BCUT2D eigenvalue weighted by atomic mass is 9.95. The Bertz CT molecular complexity index is 1300. The highest BCUT2D eigenvalue weighted by molar-refractivity contribution is 6.48. The number of anilines is 1. The maximum absolute atomic E-state index is 14.9. The molecule has 1 unspecified atom stereocenters. The van der Waals surface area contributed by atoms with Crippen LogP contribution in [0.2, 0.25) is 15.1 Å². The lowest BCUT2D eigenvalue weighted by Gasteiger charge is -2.19. The van der Waals surface area contributed by atoms with Gasteiger partial charge in [-0.15, -0.1) is 0 Å². The molecular weight excluding hydrogens is 572 g/mol. The number of pyridine rings is 1. The molecule has 1 N–H and O–H groups in total. The van der Waals surface area contributed by atoms with Gasteiger partial charge in [0.25, 0.3) is 0 Å². The van der Waals surface area contributed by atoms with Gasteiger partial charge in [0, 0.05) is 17.3 Å². The van der Waals surface area contributed by atoms with Gasteiger partial charge >= 0.3 is 12.4 Å². The molecular formula is C24H14Cl3F7N2O. The Balaban J connectivity index is 1.99. The van der Waals surface area contributed by atoms with Crippen molar-refractivity contribution >= 4 is 52.2 Å². The van der Waals surface area contributed by atoms with E-state index in [-0.39, 0.29) is 33.0 Å². The van der Waals surface area contributed by atoms with E-state index in [0.717, 1.165) is 18.2 Å². The third-order valence-electron chi connectivity index (χ3n) is 5.03. The van der Waals surface area contributed by atoms with Gasteiger partial charge in [-0.1, -0.05) is 53.0 Å². The first kappa shape index (κ1) is 28.7. The van der Waals surface area contributed by atoms with Crippen molar-refractivity contribution in [2.75, 3.05) is 11.9 Å². The second-order valence-electron chi connectivity index (χ2n) is 7.58. The van der Waals surface area contributed by atoms with E-state index in [0.29, 0.717) is 6.07 Å². The van der Waals surface area contributed by atoms with Crippen molar-refractivity contribution in [3.8, 4) is 0 Å². The first-order valence-electron chi connectivity index (χ1n) is 10.2. The van der Waals surface area contributed by atoms with Crippen LogP contribution >= 0.6 is 34.8 Å². The van der Waals surface area contributed by atoms with E-state index in [1.807, 2.05) is 0 Å². The van der Waals surface area contributed by atoms with Crippen LogP contribution in [0.3, 0.4) is 0 Å². The third-order valence-corrected chi connectivity index (χ3v) is 6.22. The van der Waals surface area contributed by atoms with E-state index in [1.54, 1.807) is 12.1 Å². The lowest BCUT2D eigenvalue weighted by Crippen LogP contribution is -2.20. The monoisotopic (exact) mass is 584 g/mol. The van der Waals surface area contributed by atoms with Gasteiger partial charge in [0.05, 0.1) is 27.2 Å². The van der Waals surface area contributed by atoms with Crippen LogP contribution in [0.15, 0.2) is 60.8 Å². The van der Waals surface area contributed by atoms with Gasteiger partial charge in [-0.3, -0.25) is 4.79 Å². The highest BCUT2D eigenvalue weighted by Gasteiger charge is 2.41. The molecule has 0 bridgehead atoms. The summed E-state index contributed by atoms with van der Waals surface area (Å²) >= 11 is 17.3. The zero-order valence-corrected chi connectivity index (χ0v) is 20.5. The van der Waals surface area contributed by atoms with Crippen molar-refractivity contribution in [3.05, 3.63) is 98.1 Å². The Labute approximate surface area is 220 Å². The Morgan fingerprint density at radius 3 is 2.16 bits per heavy atom. The summed E-state index contributed by atoms with van der Waals surface area (Å²) < 4.78 is 97.3. The summed E-state index contributed by atoms with van der Waals surface area (Å²) in [5.41, 5.74) is -3.70. The Morgan fingerprint density at radius 2 is 1.62 bits per heavy atom. The molecule has 13 heteroatoms. The Morgan fingerprint density at radius 1 is 0.973 bits per heavy atom. The molecule has 196 valence electrons. The minimum Gasteiger partial charge on any atom is -0.363 e. The highest BCUT2D eigenvalue weighted by atomic mass is 35.5. The zero-order valence-electron chi connectivity index (χ0n) is 18.2. The van der Waals surface area contributed by atoms with Crippen LogP contribution in [0.25, 0.3) is 5.83 Å². The summed E-state index contributed by atoms with van der Waals surface area (Å²) in [6.07, 6.45) is -8.67. The molecule has 0 radical (unpaired) electrons. The number of allylic oxidation sites excluding steroid dienone is 1. The van der Waals surface area contributed by atoms with E-state index < -0.39 is 58.7 Å². The summed E-state index contributed by atoms with van der Waals surface area (Å²) in [6, 6.07) is 8.08. The van der Waals surface area contributed by atoms with Crippen LogP contribution in [0, 0.1) is 0 Å². The third kappa shape index (κ3) is 7.15. The number of rotatable bonds is 7. The van der Waals surface area contributed by atoms with Crippen LogP contribution in [0.1, 0.15) is 33.0 Å². The SMILES string of the molecule is O=C(CNc1ccccn1)c1ccc(/C(F)=C/C(c2cc(Cl)c(Cl)c(Cl)c2)C(F)(F)F)cc1C(F)(F)F. The Hall–Kier alpha value is -2.82. The molecule has 0 amide bonds. The predicted molar refractivity (Wildman–Crippen MR) is 128 cm³/mol. The topological polar surface area (TPSA) is 42.0 Å². The number of nitrogens with one attached hydrogen (secondary N) is 1. The van der Waals surface area contributed by atoms with Gasteiger partial charge in [0.15, 0.2) is 5.78 Å². The van der Waals surface area contributed by atoms with E-state index in [4.69, 9.17) is 34.8 Å². The number of ketones is 1. The maximum Gasteiger partial charge on any atom is 0.417 e. The predicted octanol–water partition coefficient (Wildman–Crippen LogP) is 9.01. The first-order chi connectivity index (χ1) is 17.2. The van der Waals surface area contributed by atoms with E-state index in [9.17, 15) is 35.5 Å². The standard InChI is InChI=1S/C24H14Cl3F7N2O/c25-17-8-13(9-18(26)22(17)27)15(23(29,30)31)10-19(28)12-4-5-14(16(7-12)24(32,33)34)20(37)11-36-21-3-1-2-6-35-21/h1-10,15H,11H2,(H,35,36)/b19-10-. The van der Waals surface area contributed by atoms with Crippen molar-refractivity contribution in [2.24, 2.45) is 0 Å². The number of alkyl halides is 6. The molecule has 0 saturated carbocycles. The van der Waals surface area contributed by atoms with Gasteiger partial charge < -0.3 is 5.32 Å². The number of nitrogens with zero attached hydrogens (tertiary/aromatic N) is 1. The second-order valence-corrected chi connectivity index (χ2v) is 8.77. The summed E-state index contributed by atoms with van der Waals surface area (Å²) in [5.74, 6) is -4.98. The fourth-order valence-electron chi connectivity index (χ4n) is 3.28. The molecule has 2 aromatic carbocycles. The molecule has 37 heavy (non-hydrogen) atoms. The summed E-state index contributed by atoms with van der Waals surface area (Å²) in [7, 11) is 0. The number of benzene rings is 2. The molecule has 3 rings (SSSR count). The summed E-state index contributed by atoms with van der Waals surface area (Å²) in [5, 5.41) is 1.70.